The molecule has 1 aromatic heterocycles. The highest BCUT2D eigenvalue weighted by Crippen LogP contribution is 2.35. The van der Waals surface area contributed by atoms with Crippen molar-refractivity contribution >= 4 is 33.3 Å². The van der Waals surface area contributed by atoms with Gasteiger partial charge in [-0.15, -0.1) is 0 Å². The number of fused-ring (bicyclic) bond motifs is 1. The molecule has 2 amide bonds. The summed E-state index contributed by atoms with van der Waals surface area (Å²) < 4.78 is 4.24. The molecule has 128 valence electrons. The first kappa shape index (κ1) is 16.1. The number of carbonyl (C=O) groups excluding carboxylic acids is 1. The minimum absolute atomic E-state index is 0.0266. The maximum atomic E-state index is 12.9. The SMILES string of the molecule is Cc1cc(NC(=O)N2CCCCC2c2cccc3ccccc23)sn1. The predicted molar refractivity (Wildman–Crippen MR) is 103 cm³/mol. The zero-order valence-electron chi connectivity index (χ0n) is 14.2. The van der Waals surface area contributed by atoms with Crippen LogP contribution in [0.3, 0.4) is 0 Å². The monoisotopic (exact) mass is 351 g/mol. The summed E-state index contributed by atoms with van der Waals surface area (Å²) in [4.78, 5) is 14.9. The lowest BCUT2D eigenvalue weighted by molar-refractivity contribution is 0.164. The summed E-state index contributed by atoms with van der Waals surface area (Å²) in [5.74, 6) is 0. The number of amides is 2. The van der Waals surface area contributed by atoms with Crippen LogP contribution in [0.2, 0.25) is 0 Å². The van der Waals surface area contributed by atoms with E-state index in [-0.39, 0.29) is 12.1 Å². The van der Waals surface area contributed by atoms with Crippen molar-refractivity contribution in [2.75, 3.05) is 11.9 Å². The number of aromatic nitrogens is 1. The van der Waals surface area contributed by atoms with Crippen LogP contribution in [0.25, 0.3) is 10.8 Å². The van der Waals surface area contributed by atoms with Crippen LogP contribution in [0.15, 0.2) is 48.5 Å². The van der Waals surface area contributed by atoms with Crippen molar-refractivity contribution in [3.05, 3.63) is 59.8 Å². The van der Waals surface area contributed by atoms with E-state index in [9.17, 15) is 4.79 Å². The topological polar surface area (TPSA) is 45.2 Å². The number of nitrogens with zero attached hydrogens (tertiary/aromatic N) is 2. The van der Waals surface area contributed by atoms with E-state index in [0.717, 1.165) is 36.5 Å². The second-order valence-electron chi connectivity index (χ2n) is 6.54. The first-order valence-corrected chi connectivity index (χ1v) is 9.48. The molecular formula is C20H21N3OS. The van der Waals surface area contributed by atoms with Gasteiger partial charge in [-0.2, -0.15) is 4.37 Å². The number of anilines is 1. The average molecular weight is 351 g/mol. The summed E-state index contributed by atoms with van der Waals surface area (Å²) >= 11 is 1.33. The number of likely N-dealkylation sites (tertiary alicyclic amines) is 1. The predicted octanol–water partition coefficient (Wildman–Crippen LogP) is 5.36. The van der Waals surface area contributed by atoms with Crippen LogP contribution in [-0.2, 0) is 0 Å². The number of hydrogen-bond donors (Lipinski definition) is 1. The van der Waals surface area contributed by atoms with E-state index in [1.165, 1.54) is 27.9 Å². The van der Waals surface area contributed by atoms with Crippen LogP contribution >= 0.6 is 11.5 Å². The van der Waals surface area contributed by atoms with E-state index < -0.39 is 0 Å². The summed E-state index contributed by atoms with van der Waals surface area (Å²) in [6.45, 7) is 2.73. The fourth-order valence-electron chi connectivity index (χ4n) is 3.64. The van der Waals surface area contributed by atoms with Gasteiger partial charge in [-0.25, -0.2) is 4.79 Å². The molecule has 25 heavy (non-hydrogen) atoms. The van der Waals surface area contributed by atoms with Gasteiger partial charge in [0.2, 0.25) is 0 Å². The number of piperidine rings is 1. The Labute approximate surface area is 151 Å². The molecule has 0 bridgehead atoms. The van der Waals surface area contributed by atoms with Crippen LogP contribution in [0.4, 0.5) is 9.80 Å². The van der Waals surface area contributed by atoms with E-state index in [0.29, 0.717) is 0 Å². The minimum Gasteiger partial charge on any atom is -0.317 e. The van der Waals surface area contributed by atoms with Gasteiger partial charge in [0.1, 0.15) is 5.00 Å². The van der Waals surface area contributed by atoms with Gasteiger partial charge in [-0.3, -0.25) is 5.32 Å². The zero-order chi connectivity index (χ0) is 17.2. The fraction of sp³-hybridized carbons (Fsp3) is 0.300. The maximum absolute atomic E-state index is 12.9. The van der Waals surface area contributed by atoms with Crippen LogP contribution < -0.4 is 5.32 Å². The Morgan fingerprint density at radius 1 is 1.20 bits per heavy atom. The summed E-state index contributed by atoms with van der Waals surface area (Å²) in [5.41, 5.74) is 2.18. The minimum atomic E-state index is -0.0266. The van der Waals surface area contributed by atoms with Crippen molar-refractivity contribution in [3.8, 4) is 0 Å². The standard InChI is InChI=1S/C20H21N3OS/c1-14-13-19(25-22-14)21-20(24)23-12-5-4-11-18(23)17-10-6-8-15-7-2-3-9-16(15)17/h2-3,6-10,13,18H,4-5,11-12H2,1H3,(H,21,24). The quantitative estimate of drug-likeness (QED) is 0.675. The molecule has 0 spiro atoms. The summed E-state index contributed by atoms with van der Waals surface area (Å²) in [6, 6.07) is 16.8. The highest BCUT2D eigenvalue weighted by molar-refractivity contribution is 7.10. The summed E-state index contributed by atoms with van der Waals surface area (Å²) in [5, 5.41) is 6.30. The van der Waals surface area contributed by atoms with Crippen molar-refractivity contribution in [3.63, 3.8) is 0 Å². The van der Waals surface area contributed by atoms with Gasteiger partial charge in [0.15, 0.2) is 0 Å². The van der Waals surface area contributed by atoms with Gasteiger partial charge in [-0.1, -0.05) is 42.5 Å². The number of hydrogen-bond acceptors (Lipinski definition) is 3. The molecule has 1 aliphatic rings. The van der Waals surface area contributed by atoms with Crippen molar-refractivity contribution in [1.29, 1.82) is 0 Å². The van der Waals surface area contributed by atoms with Crippen molar-refractivity contribution in [1.82, 2.24) is 9.27 Å². The van der Waals surface area contributed by atoms with Crippen LogP contribution in [0.1, 0.15) is 36.6 Å². The molecule has 2 heterocycles. The maximum Gasteiger partial charge on any atom is 0.323 e. The molecule has 1 atom stereocenters. The highest BCUT2D eigenvalue weighted by atomic mass is 32.1. The lowest BCUT2D eigenvalue weighted by Gasteiger charge is -2.36. The number of nitrogens with one attached hydrogen (secondary N) is 1. The van der Waals surface area contributed by atoms with Gasteiger partial charge in [-0.05, 0) is 60.1 Å². The summed E-state index contributed by atoms with van der Waals surface area (Å²) in [6.07, 6.45) is 3.21. The van der Waals surface area contributed by atoms with Crippen molar-refractivity contribution < 1.29 is 4.79 Å². The van der Waals surface area contributed by atoms with Gasteiger partial charge in [0.05, 0.1) is 11.7 Å². The number of benzene rings is 2. The Bertz CT molecular complexity index is 899. The molecular weight excluding hydrogens is 330 g/mol. The third-order valence-corrected chi connectivity index (χ3v) is 5.60. The van der Waals surface area contributed by atoms with E-state index in [1.54, 1.807) is 0 Å². The average Bonchev–Trinajstić information content (AvgIpc) is 3.06. The molecule has 1 unspecified atom stereocenters. The lowest BCUT2D eigenvalue weighted by Crippen LogP contribution is -2.41. The zero-order valence-corrected chi connectivity index (χ0v) is 15.1. The first-order valence-electron chi connectivity index (χ1n) is 8.71. The van der Waals surface area contributed by atoms with E-state index in [4.69, 9.17) is 0 Å². The fourth-order valence-corrected chi connectivity index (χ4v) is 4.29. The molecule has 2 aromatic carbocycles. The Kier molecular flexibility index (Phi) is 4.40. The van der Waals surface area contributed by atoms with Crippen LogP contribution in [-0.4, -0.2) is 21.8 Å². The van der Waals surface area contributed by atoms with Crippen LogP contribution in [0.5, 0.6) is 0 Å². The summed E-state index contributed by atoms with van der Waals surface area (Å²) in [7, 11) is 0. The second kappa shape index (κ2) is 6.84. The molecule has 5 heteroatoms. The molecule has 3 aromatic rings. The number of aryl methyl sites for hydroxylation is 1. The molecule has 0 aliphatic carbocycles. The molecule has 0 saturated carbocycles. The third-order valence-electron chi connectivity index (χ3n) is 4.80. The number of rotatable bonds is 2. The molecule has 4 rings (SSSR count). The Morgan fingerprint density at radius 2 is 2.04 bits per heavy atom. The molecule has 1 fully saturated rings. The van der Waals surface area contributed by atoms with Gasteiger partial charge in [0.25, 0.3) is 0 Å². The molecule has 1 aliphatic heterocycles. The first-order chi connectivity index (χ1) is 12.2. The number of carbonyl (C=O) groups is 1. The Hall–Kier alpha value is -2.40. The van der Waals surface area contributed by atoms with Crippen molar-refractivity contribution in [2.45, 2.75) is 32.2 Å². The normalized spacial score (nSPS) is 17.6. The Morgan fingerprint density at radius 3 is 2.88 bits per heavy atom. The molecule has 1 N–H and O–H groups in total. The number of urea groups is 1. The van der Waals surface area contributed by atoms with Gasteiger partial charge in [0, 0.05) is 6.54 Å². The van der Waals surface area contributed by atoms with Crippen LogP contribution in [0, 0.1) is 6.92 Å². The molecule has 1 saturated heterocycles. The van der Waals surface area contributed by atoms with E-state index in [2.05, 4.69) is 52.2 Å². The largest absolute Gasteiger partial charge is 0.323 e. The Balaban J connectivity index is 1.65. The van der Waals surface area contributed by atoms with E-state index in [1.807, 2.05) is 17.9 Å². The third kappa shape index (κ3) is 3.24. The smallest absolute Gasteiger partial charge is 0.317 e. The van der Waals surface area contributed by atoms with Gasteiger partial charge < -0.3 is 4.90 Å². The van der Waals surface area contributed by atoms with Crippen molar-refractivity contribution in [2.24, 2.45) is 0 Å². The lowest BCUT2D eigenvalue weighted by atomic mass is 9.91. The molecule has 4 nitrogen and oxygen atoms in total. The van der Waals surface area contributed by atoms with E-state index >= 15 is 0 Å². The second-order valence-corrected chi connectivity index (χ2v) is 7.34. The van der Waals surface area contributed by atoms with Gasteiger partial charge >= 0.3 is 6.03 Å². The molecule has 0 radical (unpaired) electrons. The highest BCUT2D eigenvalue weighted by Gasteiger charge is 2.29.